The number of nitrogens with zero attached hydrogens (tertiary/aromatic N) is 1. The molecule has 2 rings (SSSR count). The van der Waals surface area contributed by atoms with Crippen molar-refractivity contribution in [1.29, 1.82) is 5.26 Å². The van der Waals surface area contributed by atoms with E-state index in [0.29, 0.717) is 12.1 Å². The lowest BCUT2D eigenvalue weighted by Gasteiger charge is -2.09. The normalized spacial score (nSPS) is 12.5. The van der Waals surface area contributed by atoms with E-state index < -0.39 is 31.4 Å². The molecular formula is C18H14F3NO4S. The fourth-order valence-electron chi connectivity index (χ4n) is 2.16. The maximum absolute atomic E-state index is 12.6. The first kappa shape index (κ1) is 20.3. The summed E-state index contributed by atoms with van der Waals surface area (Å²) in [6, 6.07) is 8.40. The summed E-state index contributed by atoms with van der Waals surface area (Å²) in [4.78, 5) is -1.09. The number of halogens is 3. The minimum atomic E-state index is -4.60. The number of hydrogen-bond acceptors (Lipinski definition) is 5. The maximum atomic E-state index is 12.6. The molecule has 0 atom stereocenters. The molecule has 0 saturated heterocycles. The monoisotopic (exact) mass is 397 g/mol. The van der Waals surface area contributed by atoms with Crippen LogP contribution in [0.5, 0.6) is 11.5 Å². The van der Waals surface area contributed by atoms with Gasteiger partial charge >= 0.3 is 6.18 Å². The van der Waals surface area contributed by atoms with Gasteiger partial charge in [0.1, 0.15) is 11.0 Å². The van der Waals surface area contributed by atoms with Crippen molar-refractivity contribution in [3.63, 3.8) is 0 Å². The lowest BCUT2D eigenvalue weighted by Crippen LogP contribution is -2.07. The van der Waals surface area contributed by atoms with Crippen molar-refractivity contribution >= 4 is 15.9 Å². The van der Waals surface area contributed by atoms with Gasteiger partial charge in [-0.25, -0.2) is 8.42 Å². The van der Waals surface area contributed by atoms with E-state index >= 15 is 0 Å². The number of hydrogen-bond donors (Lipinski definition) is 1. The molecule has 2 aromatic rings. The van der Waals surface area contributed by atoms with Crippen LogP contribution in [-0.4, -0.2) is 20.1 Å². The molecule has 0 heterocycles. The van der Waals surface area contributed by atoms with Crippen LogP contribution in [0, 0.1) is 11.3 Å². The van der Waals surface area contributed by atoms with Crippen LogP contribution in [0.1, 0.15) is 18.1 Å². The highest BCUT2D eigenvalue weighted by molar-refractivity contribution is 7.95. The van der Waals surface area contributed by atoms with Crippen molar-refractivity contribution in [3.05, 3.63) is 58.5 Å². The van der Waals surface area contributed by atoms with Crippen LogP contribution >= 0.6 is 0 Å². The minimum Gasteiger partial charge on any atom is -0.504 e. The van der Waals surface area contributed by atoms with Gasteiger partial charge in [-0.1, -0.05) is 6.07 Å². The molecule has 0 fully saturated rings. The molecule has 0 bridgehead atoms. The molecule has 0 radical (unpaired) electrons. The lowest BCUT2D eigenvalue weighted by molar-refractivity contribution is -0.137. The Balaban J connectivity index is 2.45. The first-order valence-electron chi connectivity index (χ1n) is 7.59. The molecule has 0 aromatic heterocycles. The third-order valence-corrected chi connectivity index (χ3v) is 5.15. The SMILES string of the molecule is CCOc1cc(/C=C(\C#N)S(=O)(=O)c2ccc(C(F)(F)F)cc2)ccc1O. The van der Waals surface area contributed by atoms with Gasteiger partial charge in [0, 0.05) is 0 Å². The Morgan fingerprint density at radius 1 is 1.22 bits per heavy atom. The van der Waals surface area contributed by atoms with E-state index in [1.54, 1.807) is 13.0 Å². The molecule has 0 aliphatic carbocycles. The molecule has 2 aromatic carbocycles. The summed E-state index contributed by atoms with van der Waals surface area (Å²) in [7, 11) is -4.32. The first-order valence-corrected chi connectivity index (χ1v) is 9.08. The van der Waals surface area contributed by atoms with Crippen molar-refractivity contribution < 1.29 is 31.4 Å². The summed E-state index contributed by atoms with van der Waals surface area (Å²) >= 11 is 0. The van der Waals surface area contributed by atoms with Gasteiger partial charge in [-0.15, -0.1) is 0 Å². The summed E-state index contributed by atoms with van der Waals surface area (Å²) < 4.78 is 68.1. The smallest absolute Gasteiger partial charge is 0.416 e. The van der Waals surface area contributed by atoms with Crippen molar-refractivity contribution in [3.8, 4) is 17.6 Å². The summed E-state index contributed by atoms with van der Waals surface area (Å²) in [6.45, 7) is 1.95. The summed E-state index contributed by atoms with van der Waals surface area (Å²) in [6.07, 6.45) is -3.55. The predicted octanol–water partition coefficient (Wildman–Crippen LogP) is 4.15. The van der Waals surface area contributed by atoms with Gasteiger partial charge in [0.25, 0.3) is 0 Å². The fourth-order valence-corrected chi connectivity index (χ4v) is 3.32. The van der Waals surface area contributed by atoms with E-state index in [4.69, 9.17) is 4.74 Å². The van der Waals surface area contributed by atoms with Crippen molar-refractivity contribution in [2.75, 3.05) is 6.61 Å². The molecule has 0 unspecified atom stereocenters. The van der Waals surface area contributed by atoms with Gasteiger partial charge in [0.2, 0.25) is 9.84 Å². The maximum Gasteiger partial charge on any atom is 0.416 e. The third-order valence-electron chi connectivity index (χ3n) is 3.47. The van der Waals surface area contributed by atoms with E-state index in [9.17, 15) is 32.0 Å². The zero-order valence-corrected chi connectivity index (χ0v) is 14.8. The van der Waals surface area contributed by atoms with E-state index in [2.05, 4.69) is 0 Å². The number of ether oxygens (including phenoxy) is 1. The molecule has 0 amide bonds. The summed E-state index contributed by atoms with van der Waals surface area (Å²) in [5.41, 5.74) is -0.730. The number of alkyl halides is 3. The number of rotatable bonds is 5. The van der Waals surface area contributed by atoms with Crippen molar-refractivity contribution in [2.45, 2.75) is 18.0 Å². The fraction of sp³-hybridized carbons (Fsp3) is 0.167. The molecule has 0 saturated carbocycles. The lowest BCUT2D eigenvalue weighted by atomic mass is 10.2. The zero-order chi connectivity index (χ0) is 20.2. The second-order valence-electron chi connectivity index (χ2n) is 5.31. The molecule has 0 aliphatic heterocycles. The van der Waals surface area contributed by atoms with Crippen molar-refractivity contribution in [1.82, 2.24) is 0 Å². The minimum absolute atomic E-state index is 0.107. The number of sulfone groups is 1. The number of phenolic OH excluding ortho intramolecular Hbond substituents is 1. The molecular weight excluding hydrogens is 383 g/mol. The summed E-state index contributed by atoms with van der Waals surface area (Å²) in [5, 5.41) is 18.9. The van der Waals surface area contributed by atoms with Crippen LogP contribution in [0.2, 0.25) is 0 Å². The Bertz CT molecular complexity index is 1000. The molecule has 0 aliphatic rings. The highest BCUT2D eigenvalue weighted by Gasteiger charge is 2.31. The summed E-state index contributed by atoms with van der Waals surface area (Å²) in [5.74, 6) is -0.0476. The zero-order valence-electron chi connectivity index (χ0n) is 14.0. The molecule has 142 valence electrons. The van der Waals surface area contributed by atoms with E-state index in [1.165, 1.54) is 18.2 Å². The Hall–Kier alpha value is -2.99. The Labute approximate surface area is 153 Å². The molecule has 1 N–H and O–H groups in total. The first-order chi connectivity index (χ1) is 12.6. The van der Waals surface area contributed by atoms with E-state index in [1.807, 2.05) is 0 Å². The van der Waals surface area contributed by atoms with Crippen LogP contribution in [0.15, 0.2) is 52.3 Å². The van der Waals surface area contributed by atoms with Gasteiger partial charge in [0.05, 0.1) is 17.1 Å². The van der Waals surface area contributed by atoms with Gasteiger partial charge in [-0.2, -0.15) is 18.4 Å². The Morgan fingerprint density at radius 3 is 2.37 bits per heavy atom. The quantitative estimate of drug-likeness (QED) is 0.766. The van der Waals surface area contributed by atoms with Crippen LogP contribution in [0.25, 0.3) is 6.08 Å². The molecule has 9 heteroatoms. The number of benzene rings is 2. The number of phenols is 1. The second kappa shape index (κ2) is 7.72. The van der Waals surface area contributed by atoms with Crippen LogP contribution in [0.4, 0.5) is 13.2 Å². The number of aromatic hydroxyl groups is 1. The molecule has 0 spiro atoms. The highest BCUT2D eigenvalue weighted by Crippen LogP contribution is 2.32. The van der Waals surface area contributed by atoms with Crippen LogP contribution in [0.3, 0.4) is 0 Å². The average Bonchev–Trinajstić information content (AvgIpc) is 2.61. The Kier molecular flexibility index (Phi) is 5.81. The third kappa shape index (κ3) is 4.60. The highest BCUT2D eigenvalue weighted by atomic mass is 32.2. The van der Waals surface area contributed by atoms with Crippen LogP contribution < -0.4 is 4.74 Å². The Morgan fingerprint density at radius 2 is 1.85 bits per heavy atom. The number of allylic oxidation sites excluding steroid dienone is 1. The average molecular weight is 397 g/mol. The van der Waals surface area contributed by atoms with Gasteiger partial charge in [0.15, 0.2) is 11.5 Å². The van der Waals surface area contributed by atoms with E-state index in [-0.39, 0.29) is 23.7 Å². The largest absolute Gasteiger partial charge is 0.504 e. The second-order valence-corrected chi connectivity index (χ2v) is 7.22. The van der Waals surface area contributed by atoms with Gasteiger partial charge in [-0.05, 0) is 55.0 Å². The number of nitriles is 1. The standard InChI is InChI=1S/C18H14F3NO4S/c1-2-26-17-10-12(3-8-16(17)23)9-15(11-22)27(24,25)14-6-4-13(5-7-14)18(19,20)21/h3-10,23H,2H2,1H3/b15-9+. The van der Waals surface area contributed by atoms with Crippen molar-refractivity contribution in [2.24, 2.45) is 0 Å². The van der Waals surface area contributed by atoms with E-state index in [0.717, 1.165) is 18.2 Å². The molecule has 5 nitrogen and oxygen atoms in total. The predicted molar refractivity (Wildman–Crippen MR) is 91.5 cm³/mol. The topological polar surface area (TPSA) is 87.4 Å². The van der Waals surface area contributed by atoms with Gasteiger partial charge < -0.3 is 9.84 Å². The van der Waals surface area contributed by atoms with Gasteiger partial charge in [-0.3, -0.25) is 0 Å². The molecule has 27 heavy (non-hydrogen) atoms. The van der Waals surface area contributed by atoms with Crippen LogP contribution in [-0.2, 0) is 16.0 Å².